The molecule has 0 bridgehead atoms. The molecule has 2 saturated heterocycles. The van der Waals surface area contributed by atoms with Crippen molar-refractivity contribution < 1.29 is 29.0 Å². The Morgan fingerprint density at radius 1 is 1.25 bits per heavy atom. The summed E-state index contributed by atoms with van der Waals surface area (Å²) in [7, 11) is 1.56. The van der Waals surface area contributed by atoms with Crippen LogP contribution in [0.2, 0.25) is 0 Å². The predicted octanol–water partition coefficient (Wildman–Crippen LogP) is 1.65. The van der Waals surface area contributed by atoms with Gasteiger partial charge < -0.3 is 25.0 Å². The molecule has 4 atom stereocenters. The van der Waals surface area contributed by atoms with E-state index in [0.717, 1.165) is 0 Å². The van der Waals surface area contributed by atoms with Crippen molar-refractivity contribution in [1.29, 1.82) is 0 Å². The van der Waals surface area contributed by atoms with Crippen molar-refractivity contribution in [3.8, 4) is 5.75 Å². The molecule has 0 aromatic heterocycles. The smallest absolute Gasteiger partial charge is 0.326 e. The van der Waals surface area contributed by atoms with Crippen LogP contribution in [0.1, 0.15) is 39.5 Å². The molecule has 0 saturated carbocycles. The number of nitrogens with zero attached hydrogens (tertiary/aromatic N) is 2. The van der Waals surface area contributed by atoms with Gasteiger partial charge in [0.05, 0.1) is 13.0 Å². The third-order valence-electron chi connectivity index (χ3n) is 6.48. The Balaban J connectivity index is 1.70. The number of amides is 3. The van der Waals surface area contributed by atoms with Crippen LogP contribution < -0.4 is 15.0 Å². The summed E-state index contributed by atoms with van der Waals surface area (Å²) < 4.78 is 5.14. The number of methoxy groups -OCH3 is 1. The highest BCUT2D eigenvalue weighted by Crippen LogP contribution is 2.28. The summed E-state index contributed by atoms with van der Waals surface area (Å²) in [5, 5.41) is 12.3. The molecule has 3 amide bonds. The first kappa shape index (κ1) is 23.6. The van der Waals surface area contributed by atoms with Crippen molar-refractivity contribution in [2.75, 3.05) is 25.1 Å². The van der Waals surface area contributed by atoms with Gasteiger partial charge in [-0.1, -0.05) is 20.3 Å². The van der Waals surface area contributed by atoms with E-state index in [0.29, 0.717) is 37.2 Å². The first-order valence-electron chi connectivity index (χ1n) is 11.0. The fraction of sp³-hybridized carbons (Fsp3) is 0.565. The van der Waals surface area contributed by atoms with Gasteiger partial charge in [0.2, 0.25) is 17.7 Å². The largest absolute Gasteiger partial charge is 0.497 e. The maximum Gasteiger partial charge on any atom is 0.326 e. The van der Waals surface area contributed by atoms with Crippen molar-refractivity contribution in [2.45, 2.75) is 51.6 Å². The summed E-state index contributed by atoms with van der Waals surface area (Å²) in [6, 6.07) is 5.36. The number of likely N-dealkylation sites (tertiary alicyclic amines) is 1. The van der Waals surface area contributed by atoms with Gasteiger partial charge >= 0.3 is 5.97 Å². The molecule has 32 heavy (non-hydrogen) atoms. The van der Waals surface area contributed by atoms with E-state index in [9.17, 15) is 24.3 Å². The third-order valence-corrected chi connectivity index (χ3v) is 6.48. The number of aliphatic carboxylic acids is 1. The summed E-state index contributed by atoms with van der Waals surface area (Å²) in [6.45, 7) is 4.37. The van der Waals surface area contributed by atoms with E-state index in [1.165, 1.54) is 4.90 Å². The molecule has 1 aromatic carbocycles. The Labute approximate surface area is 187 Å². The van der Waals surface area contributed by atoms with E-state index in [1.807, 2.05) is 13.8 Å². The Hall–Kier alpha value is -3.10. The lowest BCUT2D eigenvalue weighted by molar-refractivity contribution is -0.150. The summed E-state index contributed by atoms with van der Waals surface area (Å²) in [5.74, 6) is -2.00. The number of rotatable bonds is 8. The zero-order chi connectivity index (χ0) is 23.4. The average Bonchev–Trinajstić information content (AvgIpc) is 3.43. The minimum absolute atomic E-state index is 0.0563. The molecule has 3 rings (SSSR count). The lowest BCUT2D eigenvalue weighted by atomic mass is 9.96. The number of benzene rings is 1. The van der Waals surface area contributed by atoms with E-state index in [-0.39, 0.29) is 36.6 Å². The summed E-state index contributed by atoms with van der Waals surface area (Å²) in [4.78, 5) is 53.2. The number of carbonyl (C=O) groups excluding carboxylic acids is 3. The van der Waals surface area contributed by atoms with Crippen molar-refractivity contribution >= 4 is 29.4 Å². The first-order chi connectivity index (χ1) is 15.3. The van der Waals surface area contributed by atoms with Crippen LogP contribution in [-0.2, 0) is 19.2 Å². The third kappa shape index (κ3) is 4.87. The second-order valence-corrected chi connectivity index (χ2v) is 8.50. The van der Waals surface area contributed by atoms with E-state index in [1.54, 1.807) is 36.3 Å². The van der Waals surface area contributed by atoms with Gasteiger partial charge in [-0.05, 0) is 43.0 Å². The number of nitrogens with one attached hydrogen (secondary N) is 1. The zero-order valence-electron chi connectivity index (χ0n) is 18.7. The van der Waals surface area contributed by atoms with Crippen LogP contribution in [0.5, 0.6) is 5.75 Å². The summed E-state index contributed by atoms with van der Waals surface area (Å²) in [5.41, 5.74) is 0.682. The Morgan fingerprint density at radius 3 is 2.53 bits per heavy atom. The quantitative estimate of drug-likeness (QED) is 0.629. The van der Waals surface area contributed by atoms with E-state index in [4.69, 9.17) is 4.74 Å². The lowest BCUT2D eigenvalue weighted by Crippen LogP contribution is -2.55. The molecule has 9 nitrogen and oxygen atoms in total. The average molecular weight is 446 g/mol. The van der Waals surface area contributed by atoms with Crippen molar-refractivity contribution in [3.63, 3.8) is 0 Å². The Bertz CT molecular complexity index is 871. The SMILES string of the molecule is CC[C@@H](C)[C@H](NC(=O)[C@@H]1CC(=O)N(c2ccc(OC)cc2)C1)C(=O)N1CCC[C@H]1C(=O)O. The summed E-state index contributed by atoms with van der Waals surface area (Å²) >= 11 is 0. The normalized spacial score (nSPS) is 22.5. The first-order valence-corrected chi connectivity index (χ1v) is 11.0. The van der Waals surface area contributed by atoms with Crippen molar-refractivity contribution in [1.82, 2.24) is 10.2 Å². The van der Waals surface area contributed by atoms with Gasteiger partial charge in [0.25, 0.3) is 0 Å². The molecule has 174 valence electrons. The Kier molecular flexibility index (Phi) is 7.37. The van der Waals surface area contributed by atoms with Crippen LogP contribution in [0.3, 0.4) is 0 Å². The molecule has 2 N–H and O–H groups in total. The number of carboxylic acid groups (broad SMARTS) is 1. The molecule has 2 aliphatic rings. The second kappa shape index (κ2) is 10.0. The van der Waals surface area contributed by atoms with Gasteiger partial charge in [0.15, 0.2) is 0 Å². The van der Waals surface area contributed by atoms with Gasteiger partial charge in [-0.3, -0.25) is 14.4 Å². The number of ether oxygens (including phenoxy) is 1. The highest BCUT2D eigenvalue weighted by atomic mass is 16.5. The van der Waals surface area contributed by atoms with E-state index >= 15 is 0 Å². The predicted molar refractivity (Wildman–Crippen MR) is 117 cm³/mol. The number of carboxylic acids is 1. The number of hydrogen-bond donors (Lipinski definition) is 2. The maximum atomic E-state index is 13.2. The van der Waals surface area contributed by atoms with Gasteiger partial charge in [0.1, 0.15) is 17.8 Å². The number of anilines is 1. The van der Waals surface area contributed by atoms with Gasteiger partial charge in [-0.15, -0.1) is 0 Å². The number of hydrogen-bond acceptors (Lipinski definition) is 5. The molecular weight excluding hydrogens is 414 g/mol. The highest BCUT2D eigenvalue weighted by molar-refractivity contribution is 6.01. The van der Waals surface area contributed by atoms with Crippen molar-refractivity contribution in [2.24, 2.45) is 11.8 Å². The minimum atomic E-state index is -1.03. The zero-order valence-corrected chi connectivity index (χ0v) is 18.7. The lowest BCUT2D eigenvalue weighted by Gasteiger charge is -2.31. The standard InChI is InChI=1S/C23H31N3O6/c1-4-14(2)20(22(29)25-11-5-6-18(25)23(30)31)24-21(28)15-12-19(27)26(13-15)16-7-9-17(32-3)10-8-16/h7-10,14-15,18,20H,4-6,11-13H2,1-3H3,(H,24,28)(H,30,31)/t14-,15-,18+,20+/m1/s1. The minimum Gasteiger partial charge on any atom is -0.497 e. The maximum absolute atomic E-state index is 13.2. The van der Waals surface area contributed by atoms with Crippen LogP contribution in [0.25, 0.3) is 0 Å². The van der Waals surface area contributed by atoms with Gasteiger partial charge in [-0.2, -0.15) is 0 Å². The van der Waals surface area contributed by atoms with Crippen LogP contribution in [0, 0.1) is 11.8 Å². The molecule has 2 heterocycles. The van der Waals surface area contributed by atoms with Crippen LogP contribution in [-0.4, -0.2) is 66.0 Å². The topological polar surface area (TPSA) is 116 Å². The van der Waals surface area contributed by atoms with Crippen LogP contribution >= 0.6 is 0 Å². The van der Waals surface area contributed by atoms with Crippen LogP contribution in [0.4, 0.5) is 5.69 Å². The summed E-state index contributed by atoms with van der Waals surface area (Å²) in [6.07, 6.45) is 1.73. The monoisotopic (exact) mass is 445 g/mol. The molecule has 0 unspecified atom stereocenters. The molecule has 0 aliphatic carbocycles. The van der Waals surface area contributed by atoms with E-state index in [2.05, 4.69) is 5.32 Å². The fourth-order valence-corrected chi connectivity index (χ4v) is 4.31. The second-order valence-electron chi connectivity index (χ2n) is 8.50. The molecular formula is C23H31N3O6. The molecule has 1 aromatic rings. The molecule has 0 radical (unpaired) electrons. The number of carbonyl (C=O) groups is 4. The van der Waals surface area contributed by atoms with E-state index < -0.39 is 24.0 Å². The molecule has 0 spiro atoms. The molecule has 2 aliphatic heterocycles. The van der Waals surface area contributed by atoms with Gasteiger partial charge in [0, 0.05) is 25.2 Å². The molecule has 9 heteroatoms. The van der Waals surface area contributed by atoms with Crippen LogP contribution in [0.15, 0.2) is 24.3 Å². The van der Waals surface area contributed by atoms with Gasteiger partial charge in [-0.25, -0.2) is 4.79 Å². The fourth-order valence-electron chi connectivity index (χ4n) is 4.31. The molecule has 2 fully saturated rings. The Morgan fingerprint density at radius 2 is 1.94 bits per heavy atom. The highest BCUT2D eigenvalue weighted by Gasteiger charge is 2.41. The van der Waals surface area contributed by atoms with Crippen molar-refractivity contribution in [3.05, 3.63) is 24.3 Å².